The SMILES string of the molecule is COc1cc(-c2cc(C(=O)N3C[C@H]4C[C@@H]3C[C@H]4C(=O)NC3CCC(O)(C(F)(F)F)CC3)[nH]n2)c(F)cn1. The lowest BCUT2D eigenvalue weighted by Gasteiger charge is -2.38. The van der Waals surface area contributed by atoms with Gasteiger partial charge in [-0.2, -0.15) is 18.3 Å². The quantitative estimate of drug-likeness (QED) is 0.517. The standard InChI is InChI=1S/C24H27F4N5O4/c1-37-20-8-16(17(25)10-29-20)18-9-19(32-31-18)22(35)33-11-12-6-14(33)7-15(12)21(34)30-13-2-4-23(36,5-3-13)24(26,27)28/h8-10,12-15,36H,2-7,11H2,1H3,(H,30,34)(H,31,32)/t12-,13?,14-,15-,23?/m1/s1. The van der Waals surface area contributed by atoms with E-state index in [0.717, 1.165) is 6.20 Å². The fourth-order valence-corrected chi connectivity index (χ4v) is 5.81. The number of carbonyl (C=O) groups excluding carboxylic acids is 2. The van der Waals surface area contributed by atoms with Crippen molar-refractivity contribution in [2.75, 3.05) is 13.7 Å². The van der Waals surface area contributed by atoms with Gasteiger partial charge in [-0.05, 0) is 50.5 Å². The van der Waals surface area contributed by atoms with Crippen LogP contribution in [0.25, 0.3) is 11.3 Å². The smallest absolute Gasteiger partial charge is 0.417 e. The van der Waals surface area contributed by atoms with E-state index in [4.69, 9.17) is 4.74 Å². The molecule has 5 rings (SSSR count). The molecule has 0 aromatic carbocycles. The summed E-state index contributed by atoms with van der Waals surface area (Å²) in [5, 5.41) is 19.4. The second-order valence-corrected chi connectivity index (χ2v) is 10.1. The number of alkyl halides is 3. The normalized spacial score (nSPS) is 29.4. The number of pyridine rings is 1. The molecule has 0 unspecified atom stereocenters. The molecule has 3 heterocycles. The van der Waals surface area contributed by atoms with Crippen molar-refractivity contribution in [3.63, 3.8) is 0 Å². The fraction of sp³-hybridized carbons (Fsp3) is 0.583. The van der Waals surface area contributed by atoms with Gasteiger partial charge >= 0.3 is 6.18 Å². The van der Waals surface area contributed by atoms with Crippen molar-refractivity contribution in [3.05, 3.63) is 29.8 Å². The lowest BCUT2D eigenvalue weighted by molar-refractivity contribution is -0.270. The van der Waals surface area contributed by atoms with Gasteiger partial charge in [0.2, 0.25) is 11.8 Å². The summed E-state index contributed by atoms with van der Waals surface area (Å²) in [5.74, 6) is -1.31. The molecule has 3 atom stereocenters. The monoisotopic (exact) mass is 525 g/mol. The number of carbonyl (C=O) groups is 2. The minimum atomic E-state index is -4.68. The first kappa shape index (κ1) is 25.4. The van der Waals surface area contributed by atoms with Gasteiger partial charge in [-0.25, -0.2) is 9.37 Å². The van der Waals surface area contributed by atoms with Gasteiger partial charge in [0.1, 0.15) is 5.69 Å². The zero-order valence-corrected chi connectivity index (χ0v) is 20.0. The molecule has 3 aliphatic rings. The molecule has 9 nitrogen and oxygen atoms in total. The molecule has 200 valence electrons. The van der Waals surface area contributed by atoms with E-state index in [1.165, 1.54) is 19.2 Å². The molecule has 2 amide bonds. The van der Waals surface area contributed by atoms with Crippen LogP contribution in [0.3, 0.4) is 0 Å². The van der Waals surface area contributed by atoms with Gasteiger partial charge in [0.15, 0.2) is 11.4 Å². The second-order valence-electron chi connectivity index (χ2n) is 10.1. The van der Waals surface area contributed by atoms with E-state index < -0.39 is 36.5 Å². The molecule has 2 aliphatic carbocycles. The van der Waals surface area contributed by atoms with Gasteiger partial charge in [-0.3, -0.25) is 14.7 Å². The molecular weight excluding hydrogens is 498 g/mol. The van der Waals surface area contributed by atoms with Gasteiger partial charge in [0.05, 0.1) is 19.0 Å². The number of nitrogens with one attached hydrogen (secondary N) is 2. The van der Waals surface area contributed by atoms with Crippen LogP contribution in [0.5, 0.6) is 5.88 Å². The molecular formula is C24H27F4N5O4. The van der Waals surface area contributed by atoms with Crippen LogP contribution in [0.1, 0.15) is 49.0 Å². The maximum Gasteiger partial charge on any atom is 0.417 e. The molecule has 2 bridgehead atoms. The predicted octanol–water partition coefficient (Wildman–Crippen LogP) is 2.82. The molecule has 37 heavy (non-hydrogen) atoms. The average Bonchev–Trinajstić information content (AvgIpc) is 3.61. The number of piperidine rings is 1. The maximum atomic E-state index is 14.2. The minimum absolute atomic E-state index is 0.0548. The molecule has 1 saturated heterocycles. The van der Waals surface area contributed by atoms with Crippen molar-refractivity contribution in [2.24, 2.45) is 11.8 Å². The highest BCUT2D eigenvalue weighted by Crippen LogP contribution is 2.44. The highest BCUT2D eigenvalue weighted by atomic mass is 19.4. The van der Waals surface area contributed by atoms with Crippen LogP contribution in [0.2, 0.25) is 0 Å². The summed E-state index contributed by atoms with van der Waals surface area (Å²) in [5.41, 5.74) is -2.13. The molecule has 3 fully saturated rings. The number of halogens is 4. The van der Waals surface area contributed by atoms with Crippen LogP contribution in [-0.4, -0.2) is 74.5 Å². The molecule has 13 heteroatoms. The summed E-state index contributed by atoms with van der Waals surface area (Å²) in [6, 6.07) is 2.28. The molecule has 1 aliphatic heterocycles. The lowest BCUT2D eigenvalue weighted by atomic mass is 9.81. The van der Waals surface area contributed by atoms with Crippen LogP contribution < -0.4 is 10.1 Å². The summed E-state index contributed by atoms with van der Waals surface area (Å²) in [7, 11) is 1.40. The third-order valence-electron chi connectivity index (χ3n) is 7.95. The number of hydrogen-bond acceptors (Lipinski definition) is 6. The number of aromatic nitrogens is 3. The fourth-order valence-electron chi connectivity index (χ4n) is 5.81. The van der Waals surface area contributed by atoms with Crippen LogP contribution in [0.15, 0.2) is 18.3 Å². The van der Waals surface area contributed by atoms with Crippen molar-refractivity contribution in [1.29, 1.82) is 0 Å². The number of aromatic amines is 1. The third kappa shape index (κ3) is 4.64. The van der Waals surface area contributed by atoms with Crippen LogP contribution in [0, 0.1) is 17.7 Å². The second kappa shape index (κ2) is 9.26. The third-order valence-corrected chi connectivity index (χ3v) is 7.95. The summed E-state index contributed by atoms with van der Waals surface area (Å²) in [4.78, 5) is 31.5. The number of amides is 2. The highest BCUT2D eigenvalue weighted by Gasteiger charge is 2.55. The van der Waals surface area contributed by atoms with Crippen LogP contribution >= 0.6 is 0 Å². The number of likely N-dealkylation sites (tertiary alicyclic amines) is 1. The Labute approximate surface area is 209 Å². The Balaban J connectivity index is 1.17. The molecule has 2 aromatic rings. The van der Waals surface area contributed by atoms with Crippen molar-refractivity contribution in [3.8, 4) is 17.1 Å². The van der Waals surface area contributed by atoms with Gasteiger partial charge in [0.25, 0.3) is 5.91 Å². The van der Waals surface area contributed by atoms with Crippen molar-refractivity contribution in [2.45, 2.75) is 62.4 Å². The summed E-state index contributed by atoms with van der Waals surface area (Å²) >= 11 is 0. The van der Waals surface area contributed by atoms with Crippen molar-refractivity contribution in [1.82, 2.24) is 25.4 Å². The van der Waals surface area contributed by atoms with Gasteiger partial charge in [-0.15, -0.1) is 0 Å². The molecule has 0 radical (unpaired) electrons. The van der Waals surface area contributed by atoms with Crippen molar-refractivity contribution >= 4 is 11.8 Å². The molecule has 2 saturated carbocycles. The predicted molar refractivity (Wildman–Crippen MR) is 121 cm³/mol. The molecule has 0 spiro atoms. The number of H-pyrrole nitrogens is 1. The number of nitrogens with zero attached hydrogens (tertiary/aromatic N) is 3. The first-order valence-corrected chi connectivity index (χ1v) is 12.1. The first-order chi connectivity index (χ1) is 17.5. The minimum Gasteiger partial charge on any atom is -0.481 e. The van der Waals surface area contributed by atoms with E-state index in [1.54, 1.807) is 4.90 Å². The number of fused-ring (bicyclic) bond motifs is 2. The topological polar surface area (TPSA) is 120 Å². The maximum absolute atomic E-state index is 14.2. The summed E-state index contributed by atoms with van der Waals surface area (Å²) in [6.07, 6.45) is -3.33. The van der Waals surface area contributed by atoms with E-state index in [1.807, 2.05) is 0 Å². The van der Waals surface area contributed by atoms with Crippen LogP contribution in [-0.2, 0) is 4.79 Å². The summed E-state index contributed by atoms with van der Waals surface area (Å²) < 4.78 is 58.3. The van der Waals surface area contributed by atoms with E-state index >= 15 is 0 Å². The van der Waals surface area contributed by atoms with Gasteiger partial charge in [0, 0.05) is 36.2 Å². The Bertz CT molecular complexity index is 1190. The van der Waals surface area contributed by atoms with Gasteiger partial charge < -0.3 is 20.1 Å². The number of aliphatic hydroxyl groups is 1. The highest BCUT2D eigenvalue weighted by molar-refractivity contribution is 5.94. The molecule has 3 N–H and O–H groups in total. The number of ether oxygens (including phenoxy) is 1. The number of rotatable bonds is 5. The average molecular weight is 526 g/mol. The Morgan fingerprint density at radius 2 is 1.97 bits per heavy atom. The largest absolute Gasteiger partial charge is 0.481 e. The Kier molecular flexibility index (Phi) is 6.37. The Hall–Kier alpha value is -3.22. The zero-order chi connectivity index (χ0) is 26.5. The molecule has 2 aromatic heterocycles. The summed E-state index contributed by atoms with van der Waals surface area (Å²) in [6.45, 7) is 0.367. The van der Waals surface area contributed by atoms with Crippen LogP contribution in [0.4, 0.5) is 17.6 Å². The van der Waals surface area contributed by atoms with E-state index in [9.17, 15) is 32.3 Å². The van der Waals surface area contributed by atoms with E-state index in [0.29, 0.717) is 19.4 Å². The zero-order valence-electron chi connectivity index (χ0n) is 20.0. The number of methoxy groups -OCH3 is 1. The number of hydrogen-bond donors (Lipinski definition) is 3. The lowest BCUT2D eigenvalue weighted by Crippen LogP contribution is -2.52. The van der Waals surface area contributed by atoms with Crippen molar-refractivity contribution < 1.29 is 37.0 Å². The van der Waals surface area contributed by atoms with E-state index in [-0.39, 0.29) is 65.4 Å². The Morgan fingerprint density at radius 1 is 1.24 bits per heavy atom. The van der Waals surface area contributed by atoms with Gasteiger partial charge in [-0.1, -0.05) is 0 Å². The first-order valence-electron chi connectivity index (χ1n) is 12.1. The Morgan fingerprint density at radius 3 is 2.59 bits per heavy atom. The van der Waals surface area contributed by atoms with E-state index in [2.05, 4.69) is 20.5 Å².